The van der Waals surface area contributed by atoms with Gasteiger partial charge in [0.1, 0.15) is 0 Å². The zero-order chi connectivity index (χ0) is 5.11. The molecule has 0 spiro atoms. The van der Waals surface area contributed by atoms with Gasteiger partial charge in [0.05, 0.1) is 0 Å². The van der Waals surface area contributed by atoms with Crippen molar-refractivity contribution in [1.29, 1.82) is 0 Å². The van der Waals surface area contributed by atoms with Gasteiger partial charge in [0.15, 0.2) is 0 Å². The zero-order valence-corrected chi connectivity index (χ0v) is 6.53. The second-order valence-electron chi connectivity index (χ2n) is 2.74. The minimum atomic E-state index is 0. The van der Waals surface area contributed by atoms with Crippen LogP contribution in [0.4, 0.5) is 0 Å². The van der Waals surface area contributed by atoms with Crippen molar-refractivity contribution in [1.82, 2.24) is 12.3 Å². The van der Waals surface area contributed by atoms with Crippen molar-refractivity contribution >= 4 is 0 Å². The normalized spacial score (nSPS) is 19.7. The van der Waals surface area contributed by atoms with Gasteiger partial charge in [0.25, 0.3) is 0 Å². The highest BCUT2D eigenvalue weighted by atomic mass is 14.1. The Labute approximate surface area is 58.2 Å². The summed E-state index contributed by atoms with van der Waals surface area (Å²) in [5.41, 5.74) is 0. The fraction of sp³-hybridized carbons (Fsp3) is 1.00. The molecule has 0 aliphatic heterocycles. The van der Waals surface area contributed by atoms with Crippen LogP contribution in [0.5, 0.6) is 0 Å². The maximum atomic E-state index is 2.36. The summed E-state index contributed by atoms with van der Waals surface area (Å²) < 4.78 is 0. The van der Waals surface area contributed by atoms with Gasteiger partial charge in [-0.3, -0.25) is 0 Å². The first-order valence-corrected chi connectivity index (χ1v) is 3.39. The molecule has 1 aliphatic rings. The van der Waals surface area contributed by atoms with Crippen LogP contribution in [0, 0.1) is 5.92 Å². The van der Waals surface area contributed by atoms with Gasteiger partial charge in [-0.2, -0.15) is 0 Å². The molecule has 0 aromatic carbocycles. The average Bonchev–Trinajstić information content (AvgIpc) is 1.69. The smallest absolute Gasteiger partial charge is 0.0443 e. The van der Waals surface area contributed by atoms with E-state index in [4.69, 9.17) is 0 Å². The van der Waals surface area contributed by atoms with Crippen LogP contribution < -0.4 is 12.3 Å². The highest BCUT2D eigenvalue weighted by molar-refractivity contribution is 4.59. The molecular weight excluding hydrogens is 112 g/mol. The molecule has 0 saturated heterocycles. The van der Waals surface area contributed by atoms with E-state index in [1.807, 2.05) is 0 Å². The molecule has 0 unspecified atom stereocenters. The van der Waals surface area contributed by atoms with Gasteiger partial charge in [-0.05, 0) is 5.92 Å². The average molecular weight is 132 g/mol. The minimum absolute atomic E-state index is 0. The predicted molar refractivity (Wildman–Crippen MR) is 42.3 cm³/mol. The Morgan fingerprint density at radius 3 is 1.56 bits per heavy atom. The third-order valence-electron chi connectivity index (χ3n) is 1.89. The van der Waals surface area contributed by atoms with E-state index in [9.17, 15) is 0 Å². The van der Waals surface area contributed by atoms with Crippen LogP contribution in [0.25, 0.3) is 0 Å². The first-order chi connectivity index (χ1) is 3.39. The maximum Gasteiger partial charge on any atom is -0.0443 e. The van der Waals surface area contributed by atoms with Gasteiger partial charge in [-0.1, -0.05) is 39.0 Å². The first-order valence-electron chi connectivity index (χ1n) is 3.39. The van der Waals surface area contributed by atoms with E-state index in [0.29, 0.717) is 0 Å². The van der Waals surface area contributed by atoms with Crippen molar-refractivity contribution < 1.29 is 0 Å². The lowest BCUT2D eigenvalue weighted by atomic mass is 9.91. The van der Waals surface area contributed by atoms with E-state index < -0.39 is 0 Å². The van der Waals surface area contributed by atoms with E-state index >= 15 is 0 Å². The molecule has 1 fully saturated rings. The van der Waals surface area contributed by atoms with E-state index in [-0.39, 0.29) is 12.3 Å². The topological polar surface area (TPSA) is 70.0 Å². The molecule has 1 saturated carbocycles. The minimum Gasteiger partial charge on any atom is -0.344 e. The second-order valence-corrected chi connectivity index (χ2v) is 2.74. The molecule has 9 heavy (non-hydrogen) atoms. The van der Waals surface area contributed by atoms with Gasteiger partial charge in [0.2, 0.25) is 0 Å². The van der Waals surface area contributed by atoms with Gasteiger partial charge >= 0.3 is 0 Å². The SMILES string of the molecule is CC1CCCCC1.N.N. The van der Waals surface area contributed by atoms with Crippen molar-refractivity contribution in [3.05, 3.63) is 0 Å². The molecule has 0 aromatic heterocycles. The quantitative estimate of drug-likeness (QED) is 0.532. The summed E-state index contributed by atoms with van der Waals surface area (Å²) >= 11 is 0. The molecule has 0 atom stereocenters. The van der Waals surface area contributed by atoms with Crippen molar-refractivity contribution in [2.75, 3.05) is 0 Å². The molecule has 1 rings (SSSR count). The van der Waals surface area contributed by atoms with Crippen molar-refractivity contribution in [3.8, 4) is 0 Å². The molecule has 0 heterocycles. The van der Waals surface area contributed by atoms with E-state index in [2.05, 4.69) is 6.92 Å². The van der Waals surface area contributed by atoms with Crippen LogP contribution in [0.2, 0.25) is 0 Å². The zero-order valence-electron chi connectivity index (χ0n) is 6.53. The van der Waals surface area contributed by atoms with E-state index in [0.717, 1.165) is 5.92 Å². The van der Waals surface area contributed by atoms with Crippen molar-refractivity contribution in [2.24, 2.45) is 5.92 Å². The molecule has 6 N–H and O–H groups in total. The van der Waals surface area contributed by atoms with E-state index in [1.165, 1.54) is 32.1 Å². The summed E-state index contributed by atoms with van der Waals surface area (Å²) in [4.78, 5) is 0. The van der Waals surface area contributed by atoms with Crippen LogP contribution in [0.1, 0.15) is 39.0 Å². The molecule has 0 bridgehead atoms. The molecule has 58 valence electrons. The van der Waals surface area contributed by atoms with Crippen LogP contribution >= 0.6 is 0 Å². The molecule has 0 amide bonds. The Hall–Kier alpha value is -0.0800. The molecule has 2 nitrogen and oxygen atoms in total. The van der Waals surface area contributed by atoms with Crippen molar-refractivity contribution in [2.45, 2.75) is 39.0 Å². The fourth-order valence-electron chi connectivity index (χ4n) is 1.31. The molecular formula is C7H20N2. The Kier molecular flexibility index (Phi) is 7.85. The Morgan fingerprint density at radius 1 is 0.889 bits per heavy atom. The Balaban J connectivity index is 0. The summed E-state index contributed by atoms with van der Waals surface area (Å²) in [5, 5.41) is 0. The largest absolute Gasteiger partial charge is 0.344 e. The molecule has 2 heteroatoms. The lowest BCUT2D eigenvalue weighted by molar-refractivity contribution is 0.385. The summed E-state index contributed by atoms with van der Waals surface area (Å²) in [6.45, 7) is 2.36. The summed E-state index contributed by atoms with van der Waals surface area (Å²) in [5.74, 6) is 1.04. The highest BCUT2D eigenvalue weighted by Crippen LogP contribution is 2.21. The fourth-order valence-corrected chi connectivity index (χ4v) is 1.31. The lowest BCUT2D eigenvalue weighted by Crippen LogP contribution is -1.99. The summed E-state index contributed by atoms with van der Waals surface area (Å²) in [7, 11) is 0. The monoisotopic (exact) mass is 132 g/mol. The van der Waals surface area contributed by atoms with Gasteiger partial charge in [-0.15, -0.1) is 0 Å². The van der Waals surface area contributed by atoms with Gasteiger partial charge < -0.3 is 12.3 Å². The van der Waals surface area contributed by atoms with E-state index in [1.54, 1.807) is 0 Å². The third-order valence-corrected chi connectivity index (χ3v) is 1.89. The van der Waals surface area contributed by atoms with Gasteiger partial charge in [0, 0.05) is 0 Å². The van der Waals surface area contributed by atoms with Crippen LogP contribution in [-0.2, 0) is 0 Å². The number of hydrogen-bond donors (Lipinski definition) is 2. The highest BCUT2D eigenvalue weighted by Gasteiger charge is 2.05. The summed E-state index contributed by atoms with van der Waals surface area (Å²) in [6.07, 6.45) is 7.44. The Morgan fingerprint density at radius 2 is 1.33 bits per heavy atom. The second kappa shape index (κ2) is 6.05. The Bertz CT molecular complexity index is 48.9. The third kappa shape index (κ3) is 4.43. The number of hydrogen-bond acceptors (Lipinski definition) is 2. The van der Waals surface area contributed by atoms with Crippen LogP contribution in [0.15, 0.2) is 0 Å². The van der Waals surface area contributed by atoms with Gasteiger partial charge in [-0.25, -0.2) is 0 Å². The molecule has 1 aliphatic carbocycles. The lowest BCUT2D eigenvalue weighted by Gasteiger charge is -2.15. The predicted octanol–water partition coefficient (Wildman–Crippen LogP) is 2.91. The standard InChI is InChI=1S/C7H14.2H3N/c1-7-5-3-2-4-6-7;;/h7H,2-6H2,1H3;2*1H3. The maximum absolute atomic E-state index is 2.36. The molecule has 0 radical (unpaired) electrons. The summed E-state index contributed by atoms with van der Waals surface area (Å²) in [6, 6.07) is 0. The molecule has 0 aromatic rings. The van der Waals surface area contributed by atoms with Crippen LogP contribution in [0.3, 0.4) is 0 Å². The van der Waals surface area contributed by atoms with Crippen LogP contribution in [-0.4, -0.2) is 0 Å². The first kappa shape index (κ1) is 11.7. The number of rotatable bonds is 0. The van der Waals surface area contributed by atoms with Crippen molar-refractivity contribution in [3.63, 3.8) is 0 Å².